The molecular formula is C28H31N3O3. The number of methoxy groups -OCH3 is 1. The van der Waals surface area contributed by atoms with E-state index in [1.165, 1.54) is 0 Å². The molecule has 4 rings (SSSR count). The molecule has 0 spiro atoms. The van der Waals surface area contributed by atoms with Gasteiger partial charge >= 0.3 is 0 Å². The first-order valence-electron chi connectivity index (χ1n) is 11.5. The van der Waals surface area contributed by atoms with Crippen molar-refractivity contribution in [2.75, 3.05) is 20.3 Å². The molecule has 0 saturated carbocycles. The highest BCUT2D eigenvalue weighted by atomic mass is 16.5. The molecule has 0 amide bonds. The van der Waals surface area contributed by atoms with Crippen LogP contribution in [0.1, 0.15) is 43.7 Å². The average Bonchev–Trinajstić information content (AvgIpc) is 2.82. The Kier molecular flexibility index (Phi) is 6.76. The minimum atomic E-state index is -0.481. The number of benzene rings is 2. The molecule has 34 heavy (non-hydrogen) atoms. The molecule has 1 aliphatic carbocycles. The molecule has 0 saturated heterocycles. The lowest BCUT2D eigenvalue weighted by molar-refractivity contribution is -0.118. The predicted octanol–water partition coefficient (Wildman–Crippen LogP) is 4.65. The zero-order valence-electron chi connectivity index (χ0n) is 20.0. The van der Waals surface area contributed by atoms with Crippen molar-refractivity contribution in [3.8, 4) is 11.8 Å². The molecule has 2 aromatic rings. The summed E-state index contributed by atoms with van der Waals surface area (Å²) in [7, 11) is 1.63. The summed E-state index contributed by atoms with van der Waals surface area (Å²) in [4.78, 5) is 15.3. The van der Waals surface area contributed by atoms with Crippen molar-refractivity contribution in [1.29, 1.82) is 5.26 Å². The third kappa shape index (κ3) is 4.71. The highest BCUT2D eigenvalue weighted by Gasteiger charge is 2.44. The molecule has 1 aliphatic heterocycles. The van der Waals surface area contributed by atoms with Crippen molar-refractivity contribution in [2.24, 2.45) is 11.1 Å². The van der Waals surface area contributed by atoms with Gasteiger partial charge in [-0.15, -0.1) is 0 Å². The highest BCUT2D eigenvalue weighted by molar-refractivity contribution is 6.00. The third-order valence-electron chi connectivity index (χ3n) is 6.47. The predicted molar refractivity (Wildman–Crippen MR) is 130 cm³/mol. The topological polar surface area (TPSA) is 88.6 Å². The maximum Gasteiger partial charge on any atom is 0.162 e. The lowest BCUT2D eigenvalue weighted by atomic mass is 9.68. The van der Waals surface area contributed by atoms with E-state index in [4.69, 9.17) is 15.2 Å². The molecule has 0 radical (unpaired) electrons. The number of nitriles is 1. The summed E-state index contributed by atoms with van der Waals surface area (Å²) in [5.74, 6) is 0.720. The van der Waals surface area contributed by atoms with E-state index < -0.39 is 5.92 Å². The van der Waals surface area contributed by atoms with Gasteiger partial charge in [-0.2, -0.15) is 5.26 Å². The summed E-state index contributed by atoms with van der Waals surface area (Å²) >= 11 is 0. The number of nitrogens with two attached hydrogens (primary N) is 1. The maximum absolute atomic E-state index is 13.4. The fourth-order valence-corrected chi connectivity index (χ4v) is 4.84. The van der Waals surface area contributed by atoms with Crippen LogP contribution in [-0.2, 0) is 16.1 Å². The van der Waals surface area contributed by atoms with E-state index in [2.05, 4.69) is 19.9 Å². The van der Waals surface area contributed by atoms with E-state index >= 15 is 0 Å². The molecule has 0 aromatic heterocycles. The minimum absolute atomic E-state index is 0.0725. The number of carbonyl (C=O) groups is 1. The Balaban J connectivity index is 1.69. The summed E-state index contributed by atoms with van der Waals surface area (Å²) in [6.07, 6.45) is 1.16. The van der Waals surface area contributed by atoms with Gasteiger partial charge < -0.3 is 20.1 Å². The first-order valence-corrected chi connectivity index (χ1v) is 11.5. The van der Waals surface area contributed by atoms with Crippen molar-refractivity contribution in [2.45, 2.75) is 39.2 Å². The van der Waals surface area contributed by atoms with Gasteiger partial charge in [0.1, 0.15) is 18.2 Å². The number of ether oxygens (including phenoxy) is 2. The standard InChI is InChI=1S/C28H31N3O3/c1-28(2)15-23-26(24(32)16-28)25(22(17-29)27(30)31(23)13-14-33-3)20-9-11-21(12-10-20)34-18-19-7-5-4-6-8-19/h4-12,25H,13-16,18,30H2,1-3H3/t25-/m0/s1. The van der Waals surface area contributed by atoms with E-state index in [1.54, 1.807) is 7.11 Å². The normalized spacial score (nSPS) is 19.6. The van der Waals surface area contributed by atoms with Crippen molar-refractivity contribution >= 4 is 5.78 Å². The number of ketones is 1. The number of allylic oxidation sites excluding steroid dienone is 3. The molecule has 1 atom stereocenters. The van der Waals surface area contributed by atoms with Crippen LogP contribution >= 0.6 is 0 Å². The van der Waals surface area contributed by atoms with Gasteiger partial charge in [0.05, 0.1) is 24.2 Å². The smallest absolute Gasteiger partial charge is 0.162 e. The van der Waals surface area contributed by atoms with E-state index in [0.717, 1.165) is 22.6 Å². The van der Waals surface area contributed by atoms with E-state index in [0.29, 0.717) is 49.6 Å². The summed E-state index contributed by atoms with van der Waals surface area (Å²) in [6.45, 7) is 5.60. The van der Waals surface area contributed by atoms with Gasteiger partial charge in [-0.05, 0) is 35.1 Å². The molecule has 0 unspecified atom stereocenters. The summed E-state index contributed by atoms with van der Waals surface area (Å²) in [5.41, 5.74) is 10.3. The molecule has 6 nitrogen and oxygen atoms in total. The summed E-state index contributed by atoms with van der Waals surface area (Å²) in [6, 6.07) is 19.9. The largest absolute Gasteiger partial charge is 0.489 e. The Labute approximate surface area is 201 Å². The van der Waals surface area contributed by atoms with Crippen LogP contribution in [0.2, 0.25) is 0 Å². The van der Waals surface area contributed by atoms with Crippen LogP contribution in [0.25, 0.3) is 0 Å². The number of hydrogen-bond acceptors (Lipinski definition) is 6. The summed E-state index contributed by atoms with van der Waals surface area (Å²) < 4.78 is 11.2. The first kappa shape index (κ1) is 23.6. The fraction of sp³-hybridized carbons (Fsp3) is 0.357. The maximum atomic E-state index is 13.4. The van der Waals surface area contributed by atoms with E-state index in [1.807, 2.05) is 59.5 Å². The van der Waals surface area contributed by atoms with Crippen LogP contribution in [0.4, 0.5) is 0 Å². The fourth-order valence-electron chi connectivity index (χ4n) is 4.84. The van der Waals surface area contributed by atoms with Gasteiger partial charge in [-0.3, -0.25) is 4.79 Å². The quantitative estimate of drug-likeness (QED) is 0.651. The van der Waals surface area contributed by atoms with Crippen LogP contribution in [0, 0.1) is 16.7 Å². The van der Waals surface area contributed by atoms with E-state index in [-0.39, 0.29) is 11.2 Å². The zero-order chi connectivity index (χ0) is 24.3. The lowest BCUT2D eigenvalue weighted by Gasteiger charge is -2.43. The monoisotopic (exact) mass is 457 g/mol. The minimum Gasteiger partial charge on any atom is -0.489 e. The Morgan fingerprint density at radius 1 is 1.12 bits per heavy atom. The third-order valence-corrected chi connectivity index (χ3v) is 6.47. The first-order chi connectivity index (χ1) is 16.3. The molecule has 2 N–H and O–H groups in total. The number of hydrogen-bond donors (Lipinski definition) is 1. The van der Waals surface area contributed by atoms with Gasteiger partial charge in [-0.25, -0.2) is 0 Å². The Morgan fingerprint density at radius 2 is 1.82 bits per heavy atom. The Morgan fingerprint density at radius 3 is 2.47 bits per heavy atom. The number of carbonyl (C=O) groups excluding carboxylic acids is 1. The van der Waals surface area contributed by atoms with E-state index in [9.17, 15) is 10.1 Å². The van der Waals surface area contributed by atoms with Gasteiger partial charge in [0.15, 0.2) is 5.78 Å². The molecule has 6 heteroatoms. The van der Waals surface area contributed by atoms with Crippen molar-refractivity contribution < 1.29 is 14.3 Å². The second kappa shape index (κ2) is 9.74. The summed E-state index contributed by atoms with van der Waals surface area (Å²) in [5, 5.41) is 10.1. The molecule has 2 aromatic carbocycles. The SMILES string of the molecule is COCCN1C(N)=C(C#N)[C@H](c2ccc(OCc3ccccc3)cc2)C2=C1CC(C)(C)CC2=O. The average molecular weight is 458 g/mol. The van der Waals surface area contributed by atoms with Gasteiger partial charge in [0.25, 0.3) is 0 Å². The molecule has 0 fully saturated rings. The van der Waals surface area contributed by atoms with Crippen molar-refractivity contribution in [1.82, 2.24) is 4.90 Å². The number of nitrogens with zero attached hydrogens (tertiary/aromatic N) is 2. The molecule has 1 heterocycles. The second-order valence-electron chi connectivity index (χ2n) is 9.63. The van der Waals surface area contributed by atoms with Crippen LogP contribution in [0.3, 0.4) is 0 Å². The van der Waals surface area contributed by atoms with Crippen LogP contribution < -0.4 is 10.5 Å². The lowest BCUT2D eigenvalue weighted by Crippen LogP contribution is -2.43. The Bertz CT molecular complexity index is 1160. The second-order valence-corrected chi connectivity index (χ2v) is 9.63. The van der Waals surface area contributed by atoms with Crippen molar-refractivity contribution in [3.63, 3.8) is 0 Å². The molecule has 176 valence electrons. The van der Waals surface area contributed by atoms with Crippen molar-refractivity contribution in [3.05, 3.63) is 88.4 Å². The van der Waals surface area contributed by atoms with Gasteiger partial charge in [-0.1, -0.05) is 56.3 Å². The molecule has 0 bridgehead atoms. The van der Waals surface area contributed by atoms with Crippen LogP contribution in [0.5, 0.6) is 5.75 Å². The highest BCUT2D eigenvalue weighted by Crippen LogP contribution is 2.49. The van der Waals surface area contributed by atoms with Crippen LogP contribution in [-0.4, -0.2) is 30.9 Å². The number of Topliss-reactive ketones (excluding diaryl/α,β-unsaturated/α-hetero) is 1. The molecule has 2 aliphatic rings. The zero-order valence-corrected chi connectivity index (χ0v) is 20.0. The molecular weight excluding hydrogens is 426 g/mol. The van der Waals surface area contributed by atoms with Gasteiger partial charge in [0.2, 0.25) is 0 Å². The number of rotatable bonds is 7. The van der Waals surface area contributed by atoms with Crippen LogP contribution in [0.15, 0.2) is 77.3 Å². The Hall–Kier alpha value is -3.56. The van der Waals surface area contributed by atoms with Gasteiger partial charge in [0, 0.05) is 31.3 Å².